The lowest BCUT2D eigenvalue weighted by molar-refractivity contribution is 0.251. The first-order chi connectivity index (χ1) is 7.19. The van der Waals surface area contributed by atoms with E-state index in [4.69, 9.17) is 5.26 Å². The second kappa shape index (κ2) is 3.61. The quantitative estimate of drug-likeness (QED) is 0.740. The second-order valence-electron chi connectivity index (χ2n) is 3.55. The molecule has 0 bridgehead atoms. The van der Waals surface area contributed by atoms with Gasteiger partial charge in [-0.05, 0) is 12.8 Å². The first kappa shape index (κ1) is 9.52. The molecule has 1 fully saturated rings. The number of anilines is 1. The Labute approximate surface area is 86.9 Å². The predicted molar refractivity (Wildman–Crippen MR) is 53.1 cm³/mol. The monoisotopic (exact) mass is 205 g/mol. The van der Waals surface area contributed by atoms with Crippen molar-refractivity contribution in [2.75, 3.05) is 5.32 Å². The molecule has 0 radical (unpaired) electrons. The van der Waals surface area contributed by atoms with Gasteiger partial charge in [-0.2, -0.15) is 10.4 Å². The minimum absolute atomic E-state index is 0.291. The summed E-state index contributed by atoms with van der Waals surface area (Å²) >= 11 is 0. The van der Waals surface area contributed by atoms with Crippen molar-refractivity contribution in [1.82, 2.24) is 15.1 Å². The number of hydrogen-bond acceptors (Lipinski definition) is 3. The highest BCUT2D eigenvalue weighted by atomic mass is 16.2. The average Bonchev–Trinajstić information content (AvgIpc) is 2.90. The zero-order chi connectivity index (χ0) is 10.8. The largest absolute Gasteiger partial charge is 0.335 e. The molecule has 6 nitrogen and oxygen atoms in total. The van der Waals surface area contributed by atoms with Gasteiger partial charge >= 0.3 is 6.03 Å². The van der Waals surface area contributed by atoms with Crippen molar-refractivity contribution < 1.29 is 4.79 Å². The van der Waals surface area contributed by atoms with Gasteiger partial charge in [0, 0.05) is 19.3 Å². The van der Waals surface area contributed by atoms with Crippen LogP contribution >= 0.6 is 0 Å². The van der Waals surface area contributed by atoms with Crippen LogP contribution in [0.2, 0.25) is 0 Å². The van der Waals surface area contributed by atoms with E-state index in [2.05, 4.69) is 15.7 Å². The topological polar surface area (TPSA) is 82.7 Å². The van der Waals surface area contributed by atoms with Crippen molar-refractivity contribution in [1.29, 1.82) is 5.26 Å². The van der Waals surface area contributed by atoms with Gasteiger partial charge in [0.05, 0.1) is 0 Å². The third-order valence-corrected chi connectivity index (χ3v) is 2.09. The van der Waals surface area contributed by atoms with E-state index in [1.54, 1.807) is 13.2 Å². The number of nitrogens with one attached hydrogen (secondary N) is 2. The van der Waals surface area contributed by atoms with Gasteiger partial charge in [-0.3, -0.25) is 10.00 Å². The Balaban J connectivity index is 2.02. The highest BCUT2D eigenvalue weighted by molar-refractivity contribution is 5.89. The van der Waals surface area contributed by atoms with Crippen LogP contribution in [0.1, 0.15) is 18.4 Å². The summed E-state index contributed by atoms with van der Waals surface area (Å²) in [5.74, 6) is 0.304. The van der Waals surface area contributed by atoms with Crippen LogP contribution in [0.5, 0.6) is 0 Å². The number of rotatable bonds is 2. The fourth-order valence-corrected chi connectivity index (χ4v) is 1.22. The molecule has 6 heteroatoms. The maximum atomic E-state index is 11.4. The van der Waals surface area contributed by atoms with Crippen LogP contribution < -0.4 is 10.6 Å². The zero-order valence-electron chi connectivity index (χ0n) is 8.32. The van der Waals surface area contributed by atoms with E-state index in [0.29, 0.717) is 17.4 Å². The summed E-state index contributed by atoms with van der Waals surface area (Å²) in [5.41, 5.74) is 0.364. The lowest BCUT2D eigenvalue weighted by atomic mass is 10.4. The van der Waals surface area contributed by atoms with Gasteiger partial charge in [-0.15, -0.1) is 0 Å². The van der Waals surface area contributed by atoms with Gasteiger partial charge in [0.15, 0.2) is 5.82 Å². The van der Waals surface area contributed by atoms with Crippen molar-refractivity contribution in [2.24, 2.45) is 7.05 Å². The molecule has 0 atom stereocenters. The molecular weight excluding hydrogens is 194 g/mol. The number of nitrogens with zero attached hydrogens (tertiary/aromatic N) is 3. The maximum absolute atomic E-state index is 11.4. The molecule has 0 aromatic carbocycles. The minimum Gasteiger partial charge on any atom is -0.335 e. The predicted octanol–water partition coefficient (Wildman–Crippen LogP) is 0.576. The third-order valence-electron chi connectivity index (χ3n) is 2.09. The molecule has 1 saturated carbocycles. The van der Waals surface area contributed by atoms with Crippen molar-refractivity contribution in [2.45, 2.75) is 18.9 Å². The Hall–Kier alpha value is -2.03. The molecule has 1 aliphatic rings. The van der Waals surface area contributed by atoms with Gasteiger partial charge in [0.25, 0.3) is 0 Å². The summed E-state index contributed by atoms with van der Waals surface area (Å²) in [5, 5.41) is 18.0. The van der Waals surface area contributed by atoms with Crippen LogP contribution in [-0.2, 0) is 7.05 Å². The zero-order valence-corrected chi connectivity index (χ0v) is 8.32. The summed E-state index contributed by atoms with van der Waals surface area (Å²) < 4.78 is 1.49. The molecule has 15 heavy (non-hydrogen) atoms. The molecule has 0 spiro atoms. The van der Waals surface area contributed by atoms with Crippen LogP contribution in [-0.4, -0.2) is 21.9 Å². The summed E-state index contributed by atoms with van der Waals surface area (Å²) in [6.45, 7) is 0. The van der Waals surface area contributed by atoms with Crippen LogP contribution in [0.4, 0.5) is 10.6 Å². The van der Waals surface area contributed by atoms with Gasteiger partial charge < -0.3 is 5.32 Å². The van der Waals surface area contributed by atoms with Crippen LogP contribution in [0.3, 0.4) is 0 Å². The molecule has 78 valence electrons. The summed E-state index contributed by atoms with van der Waals surface area (Å²) in [4.78, 5) is 11.4. The van der Waals surface area contributed by atoms with Crippen LogP contribution in [0.25, 0.3) is 0 Å². The number of aromatic nitrogens is 2. The Morgan fingerprint density at radius 1 is 1.73 bits per heavy atom. The average molecular weight is 205 g/mol. The maximum Gasteiger partial charge on any atom is 0.320 e. The van der Waals surface area contributed by atoms with Gasteiger partial charge in [-0.25, -0.2) is 4.79 Å². The second-order valence-corrected chi connectivity index (χ2v) is 3.55. The number of aryl methyl sites for hydroxylation is 1. The molecule has 0 unspecified atom stereocenters. The summed E-state index contributed by atoms with van der Waals surface area (Å²) in [6.07, 6.45) is 3.62. The molecule has 0 aliphatic heterocycles. The van der Waals surface area contributed by atoms with E-state index in [1.165, 1.54) is 4.68 Å². The Morgan fingerprint density at radius 2 is 2.47 bits per heavy atom. The number of hydrogen-bond donors (Lipinski definition) is 2. The summed E-state index contributed by atoms with van der Waals surface area (Å²) in [7, 11) is 1.70. The normalized spacial score (nSPS) is 14.4. The minimum atomic E-state index is -0.298. The summed E-state index contributed by atoms with van der Waals surface area (Å²) in [6, 6.07) is 1.96. The number of carbonyl (C=O) groups excluding carboxylic acids is 1. The van der Waals surface area contributed by atoms with E-state index in [-0.39, 0.29) is 6.03 Å². The van der Waals surface area contributed by atoms with Crippen LogP contribution in [0.15, 0.2) is 6.20 Å². The molecule has 1 aromatic heterocycles. The van der Waals surface area contributed by atoms with Gasteiger partial charge in [0.2, 0.25) is 0 Å². The fourth-order valence-electron chi connectivity index (χ4n) is 1.22. The van der Waals surface area contributed by atoms with Gasteiger partial charge in [-0.1, -0.05) is 0 Å². The van der Waals surface area contributed by atoms with Crippen molar-refractivity contribution in [3.63, 3.8) is 0 Å². The number of urea groups is 1. The molecule has 0 saturated heterocycles. The number of nitriles is 1. The molecule has 2 amide bonds. The standard InChI is InChI=1S/C9H11N5O/c1-14-5-6(4-10)8(13-14)12-9(15)11-7-2-3-7/h5,7H,2-3H2,1H3,(H2,11,12,13,15). The lowest BCUT2D eigenvalue weighted by Crippen LogP contribution is -2.30. The van der Waals surface area contributed by atoms with E-state index in [9.17, 15) is 4.79 Å². The van der Waals surface area contributed by atoms with E-state index in [0.717, 1.165) is 12.8 Å². The Kier molecular flexibility index (Phi) is 2.29. The molecule has 1 aromatic rings. The van der Waals surface area contributed by atoms with E-state index >= 15 is 0 Å². The van der Waals surface area contributed by atoms with Gasteiger partial charge in [0.1, 0.15) is 11.6 Å². The number of carbonyl (C=O) groups is 1. The van der Waals surface area contributed by atoms with E-state index in [1.807, 2.05) is 6.07 Å². The Morgan fingerprint density at radius 3 is 3.07 bits per heavy atom. The van der Waals surface area contributed by atoms with Crippen LogP contribution in [0, 0.1) is 11.3 Å². The molecule has 1 heterocycles. The number of amides is 2. The van der Waals surface area contributed by atoms with Crippen molar-refractivity contribution >= 4 is 11.8 Å². The Bertz CT molecular complexity index is 426. The first-order valence-corrected chi connectivity index (χ1v) is 4.70. The molecule has 2 N–H and O–H groups in total. The highest BCUT2D eigenvalue weighted by Crippen LogP contribution is 2.19. The van der Waals surface area contributed by atoms with Crippen molar-refractivity contribution in [3.8, 4) is 6.07 Å². The fraction of sp³-hybridized carbons (Fsp3) is 0.444. The van der Waals surface area contributed by atoms with E-state index < -0.39 is 0 Å². The van der Waals surface area contributed by atoms with Crippen molar-refractivity contribution in [3.05, 3.63) is 11.8 Å². The lowest BCUT2D eigenvalue weighted by Gasteiger charge is -2.03. The molecule has 2 rings (SSSR count). The third kappa shape index (κ3) is 2.26. The molecular formula is C9H11N5O. The molecule has 1 aliphatic carbocycles. The first-order valence-electron chi connectivity index (χ1n) is 4.70. The smallest absolute Gasteiger partial charge is 0.320 e. The highest BCUT2D eigenvalue weighted by Gasteiger charge is 2.23. The SMILES string of the molecule is Cn1cc(C#N)c(NC(=O)NC2CC2)n1.